The van der Waals surface area contributed by atoms with Crippen molar-refractivity contribution in [1.82, 2.24) is 0 Å². The summed E-state index contributed by atoms with van der Waals surface area (Å²) in [6.07, 6.45) is 14.4. The number of aryl methyl sites for hydroxylation is 3. The molecule has 216 valence electrons. The van der Waals surface area contributed by atoms with Crippen LogP contribution in [0.3, 0.4) is 0 Å². The summed E-state index contributed by atoms with van der Waals surface area (Å²) < 4.78 is 0. The van der Waals surface area contributed by atoms with Crippen molar-refractivity contribution in [3.8, 4) is 0 Å². The van der Waals surface area contributed by atoms with E-state index in [0.717, 1.165) is 19.3 Å². The fraction of sp³-hybridized carbons (Fsp3) is 0.300. The van der Waals surface area contributed by atoms with Crippen LogP contribution in [-0.2, 0) is 6.42 Å². The van der Waals surface area contributed by atoms with Crippen LogP contribution in [0.15, 0.2) is 102 Å². The average Bonchev–Trinajstić information content (AvgIpc) is 3.03. The lowest BCUT2D eigenvalue weighted by molar-refractivity contribution is 0.738. The lowest BCUT2D eigenvalue weighted by Gasteiger charge is -2.45. The highest BCUT2D eigenvalue weighted by Crippen LogP contribution is 2.43. The second kappa shape index (κ2) is 11.6. The molecule has 7 rings (SSSR count). The number of hydrogen-bond acceptors (Lipinski definition) is 2. The van der Waals surface area contributed by atoms with E-state index in [9.17, 15) is 0 Å². The van der Waals surface area contributed by atoms with Crippen LogP contribution in [0.5, 0.6) is 0 Å². The Balaban J connectivity index is 1.42. The Morgan fingerprint density at radius 3 is 1.88 bits per heavy atom. The summed E-state index contributed by atoms with van der Waals surface area (Å²) in [5.74, 6) is 0. The van der Waals surface area contributed by atoms with Gasteiger partial charge >= 0.3 is 0 Å². The van der Waals surface area contributed by atoms with Gasteiger partial charge in [-0.3, -0.25) is 0 Å². The Hall–Kier alpha value is -3.98. The zero-order valence-electron chi connectivity index (χ0n) is 26.3. The first-order valence-corrected chi connectivity index (χ1v) is 16.5. The van der Waals surface area contributed by atoms with E-state index in [1.807, 2.05) is 0 Å². The van der Waals surface area contributed by atoms with Crippen molar-refractivity contribution < 1.29 is 0 Å². The second-order valence-electron chi connectivity index (χ2n) is 12.8. The summed E-state index contributed by atoms with van der Waals surface area (Å²) in [6.45, 7) is 9.23. The van der Waals surface area contributed by atoms with Crippen LogP contribution in [0.4, 0.5) is 28.4 Å². The largest absolute Gasteiger partial charge is 0.315 e. The molecule has 0 N–H and O–H groups in total. The molecule has 2 nitrogen and oxygen atoms in total. The van der Waals surface area contributed by atoms with Gasteiger partial charge in [-0.05, 0) is 117 Å². The Kier molecular flexibility index (Phi) is 7.51. The highest BCUT2D eigenvalue weighted by molar-refractivity contribution is 7.00. The van der Waals surface area contributed by atoms with Crippen molar-refractivity contribution in [2.75, 3.05) is 9.80 Å². The van der Waals surface area contributed by atoms with Crippen LogP contribution < -0.4 is 26.2 Å². The monoisotopic (exact) mass is 562 g/mol. The average molecular weight is 563 g/mol. The molecule has 2 heterocycles. The van der Waals surface area contributed by atoms with E-state index < -0.39 is 0 Å². The van der Waals surface area contributed by atoms with Gasteiger partial charge in [0.15, 0.2) is 0 Å². The maximum absolute atomic E-state index is 2.59. The molecule has 0 bridgehead atoms. The first-order valence-electron chi connectivity index (χ1n) is 16.5. The molecule has 0 atom stereocenters. The second-order valence-corrected chi connectivity index (χ2v) is 12.8. The van der Waals surface area contributed by atoms with Gasteiger partial charge in [-0.25, -0.2) is 0 Å². The molecule has 0 aromatic heterocycles. The predicted molar refractivity (Wildman–Crippen MR) is 187 cm³/mol. The molecule has 4 aromatic carbocycles. The molecule has 0 saturated heterocycles. The van der Waals surface area contributed by atoms with E-state index >= 15 is 0 Å². The van der Waals surface area contributed by atoms with E-state index in [1.165, 1.54) is 99.3 Å². The van der Waals surface area contributed by atoms with Crippen LogP contribution in [-0.4, -0.2) is 6.71 Å². The summed E-state index contributed by atoms with van der Waals surface area (Å²) in [6, 6.07) is 30.5. The summed E-state index contributed by atoms with van der Waals surface area (Å²) in [4.78, 5) is 5.11. The van der Waals surface area contributed by atoms with Gasteiger partial charge in [0.2, 0.25) is 0 Å². The van der Waals surface area contributed by atoms with Crippen molar-refractivity contribution in [3.63, 3.8) is 0 Å². The topological polar surface area (TPSA) is 6.48 Å². The summed E-state index contributed by atoms with van der Waals surface area (Å²) in [5.41, 5.74) is 17.8. The molecule has 0 radical (unpaired) electrons. The van der Waals surface area contributed by atoms with E-state index in [2.05, 4.69) is 129 Å². The van der Waals surface area contributed by atoms with Gasteiger partial charge in [-0.15, -0.1) is 0 Å². The number of rotatable bonds is 8. The van der Waals surface area contributed by atoms with Crippen molar-refractivity contribution in [1.29, 1.82) is 0 Å². The highest BCUT2D eigenvalue weighted by Gasteiger charge is 2.43. The van der Waals surface area contributed by atoms with Gasteiger partial charge in [0.05, 0.1) is 0 Å². The summed E-state index contributed by atoms with van der Waals surface area (Å²) in [5, 5.41) is 0. The molecule has 0 fully saturated rings. The zero-order chi connectivity index (χ0) is 29.5. The molecule has 3 heteroatoms. The normalized spacial score (nSPS) is 15.0. The molecule has 1 aliphatic carbocycles. The molecule has 0 amide bonds. The predicted octanol–water partition coefficient (Wildman–Crippen LogP) is 9.19. The Labute approximate surface area is 258 Å². The number of benzene rings is 4. The number of unbranched alkanes of at least 4 members (excludes halogenated alkanes) is 2. The third-order valence-corrected chi connectivity index (χ3v) is 9.67. The molecule has 2 aliphatic heterocycles. The van der Waals surface area contributed by atoms with E-state index in [1.54, 1.807) is 5.57 Å². The molecule has 43 heavy (non-hydrogen) atoms. The Morgan fingerprint density at radius 2 is 1.26 bits per heavy atom. The maximum Gasteiger partial charge on any atom is 0.252 e. The van der Waals surface area contributed by atoms with Crippen LogP contribution in [0.1, 0.15) is 75.5 Å². The molecule has 0 saturated carbocycles. The lowest BCUT2D eigenvalue weighted by Crippen LogP contribution is -2.61. The maximum atomic E-state index is 2.59. The fourth-order valence-electron chi connectivity index (χ4n) is 7.43. The molecule has 3 aliphatic rings. The smallest absolute Gasteiger partial charge is 0.252 e. The van der Waals surface area contributed by atoms with Gasteiger partial charge in [-0.2, -0.15) is 0 Å². The van der Waals surface area contributed by atoms with Gasteiger partial charge < -0.3 is 9.80 Å². The third-order valence-electron chi connectivity index (χ3n) is 9.67. The first kappa shape index (κ1) is 27.8. The van der Waals surface area contributed by atoms with Gasteiger partial charge in [0.1, 0.15) is 0 Å². The van der Waals surface area contributed by atoms with Gasteiger partial charge in [0, 0.05) is 34.1 Å². The quantitative estimate of drug-likeness (QED) is 0.174. The number of hydrogen-bond donors (Lipinski definition) is 0. The van der Waals surface area contributed by atoms with Crippen molar-refractivity contribution in [3.05, 3.63) is 119 Å². The van der Waals surface area contributed by atoms with Gasteiger partial charge in [-0.1, -0.05) is 91.9 Å². The molecule has 0 unspecified atom stereocenters. The van der Waals surface area contributed by atoms with Crippen LogP contribution in [0.2, 0.25) is 0 Å². The Bertz CT molecular complexity index is 1730. The summed E-state index contributed by atoms with van der Waals surface area (Å²) >= 11 is 0. The van der Waals surface area contributed by atoms with Crippen LogP contribution in [0.25, 0.3) is 0 Å². The SMILES string of the molecule is CCCCC1=CC=C(N2c3ccc(C)cc3B3c4cc(C)ccc4N(c4ccc(CCCC)cc4)c4cccc2c43)CC1. The number of allylic oxidation sites excluding steroid dienone is 4. The lowest BCUT2D eigenvalue weighted by atomic mass is 9.33. The van der Waals surface area contributed by atoms with Gasteiger partial charge in [0.25, 0.3) is 6.71 Å². The van der Waals surface area contributed by atoms with Crippen molar-refractivity contribution >= 4 is 51.5 Å². The fourth-order valence-corrected chi connectivity index (χ4v) is 7.43. The van der Waals surface area contributed by atoms with E-state index in [4.69, 9.17) is 0 Å². The Morgan fingerprint density at radius 1 is 0.628 bits per heavy atom. The van der Waals surface area contributed by atoms with E-state index in [0.29, 0.717) is 0 Å². The third kappa shape index (κ3) is 4.93. The minimum Gasteiger partial charge on any atom is -0.315 e. The number of anilines is 5. The standard InChI is InChI=1S/C40H43BN2/c1-5-7-10-30-16-20-32(21-17-30)42-36-24-14-28(3)26-34(36)41-35-27-29(4)15-25-37(35)43(39-13-9-12-38(42)40(39)41)33-22-18-31(19-23-33)11-8-6-2/h9,12-18,20-22,24-27H,5-8,10-11,19,23H2,1-4H3. The molecule has 4 aromatic rings. The van der Waals surface area contributed by atoms with Crippen molar-refractivity contribution in [2.24, 2.45) is 0 Å². The molecule has 0 spiro atoms. The minimum absolute atomic E-state index is 0.201. The first-order chi connectivity index (χ1) is 21.1. The highest BCUT2D eigenvalue weighted by atomic mass is 15.2. The number of nitrogens with zero attached hydrogens (tertiary/aromatic N) is 2. The van der Waals surface area contributed by atoms with Crippen molar-refractivity contribution in [2.45, 2.75) is 79.1 Å². The minimum atomic E-state index is 0.201. The van der Waals surface area contributed by atoms with Crippen LogP contribution >= 0.6 is 0 Å². The molecular formula is C40H43BN2. The zero-order valence-corrected chi connectivity index (χ0v) is 26.3. The van der Waals surface area contributed by atoms with E-state index in [-0.39, 0.29) is 6.71 Å². The van der Waals surface area contributed by atoms with Crippen LogP contribution in [0, 0.1) is 13.8 Å². The molecular weight excluding hydrogens is 519 g/mol. The summed E-state index contributed by atoms with van der Waals surface area (Å²) in [7, 11) is 0. The number of fused-ring (bicyclic) bond motifs is 4.